The number of amides is 3. The highest BCUT2D eigenvalue weighted by atomic mass is 32.2. The third-order valence-electron chi connectivity index (χ3n) is 4.86. The van der Waals surface area contributed by atoms with Gasteiger partial charge in [-0.15, -0.1) is 17.9 Å². The Morgan fingerprint density at radius 3 is 2.80 bits per heavy atom. The Kier molecular flexibility index (Phi) is 7.71. The van der Waals surface area contributed by atoms with E-state index in [2.05, 4.69) is 17.2 Å². The number of hydrogen-bond acceptors (Lipinski definition) is 6. The van der Waals surface area contributed by atoms with Crippen LogP contribution in [0.3, 0.4) is 0 Å². The maximum atomic E-state index is 13.3. The second-order valence-electron chi connectivity index (χ2n) is 7.78. The largest absolute Gasteiger partial charge is 0.338 e. The molecule has 0 aliphatic heterocycles. The van der Waals surface area contributed by atoms with Crippen LogP contribution in [0, 0.1) is 5.92 Å². The highest BCUT2D eigenvalue weighted by molar-refractivity contribution is 7.99. The van der Waals surface area contributed by atoms with E-state index in [1.807, 2.05) is 13.8 Å². The van der Waals surface area contributed by atoms with E-state index in [0.29, 0.717) is 24.2 Å². The van der Waals surface area contributed by atoms with Crippen molar-refractivity contribution in [2.24, 2.45) is 5.92 Å². The summed E-state index contributed by atoms with van der Waals surface area (Å²) >= 11 is 2.75. The van der Waals surface area contributed by atoms with Crippen LogP contribution in [0.4, 0.5) is 4.79 Å². The Balaban J connectivity index is 1.80. The van der Waals surface area contributed by atoms with Crippen LogP contribution in [0.5, 0.6) is 0 Å². The van der Waals surface area contributed by atoms with E-state index < -0.39 is 11.9 Å². The van der Waals surface area contributed by atoms with E-state index in [0.717, 1.165) is 53.2 Å². The molecule has 2 heterocycles. The first-order valence-electron chi connectivity index (χ1n) is 10.3. The van der Waals surface area contributed by atoms with Crippen LogP contribution in [0.25, 0.3) is 10.2 Å². The van der Waals surface area contributed by atoms with E-state index >= 15 is 0 Å². The number of allylic oxidation sites excluding steroid dienone is 1. The average Bonchev–Trinajstić information content (AvgIpc) is 2.88. The number of aryl methyl sites for hydroxylation is 2. The SMILES string of the molecule is C=CCn1c(SCC(=O)NC(=O)NCC(C)C)nc2sc3c(c2c1=O)CCCCC3. The van der Waals surface area contributed by atoms with Crippen LogP contribution in [-0.2, 0) is 24.2 Å². The molecule has 1 aliphatic rings. The van der Waals surface area contributed by atoms with Crippen LogP contribution in [0.2, 0.25) is 0 Å². The molecule has 1 aliphatic carbocycles. The summed E-state index contributed by atoms with van der Waals surface area (Å²) in [4.78, 5) is 43.9. The molecule has 3 amide bonds. The molecule has 2 aromatic heterocycles. The Hall–Kier alpha value is -2.13. The highest BCUT2D eigenvalue weighted by Gasteiger charge is 2.21. The minimum absolute atomic E-state index is 0.00468. The highest BCUT2D eigenvalue weighted by Crippen LogP contribution is 2.34. The van der Waals surface area contributed by atoms with Gasteiger partial charge in [-0.25, -0.2) is 9.78 Å². The fourth-order valence-electron chi connectivity index (χ4n) is 3.43. The standard InChI is InChI=1S/C21H28N4O3S2/c1-4-10-25-19(27)17-14-8-6-5-7-9-15(14)30-18(17)24-21(25)29-12-16(26)23-20(28)22-11-13(2)3/h4,13H,1,5-12H2,2-3H3,(H2,22,23,26,28). The van der Waals surface area contributed by atoms with Crippen molar-refractivity contribution in [3.63, 3.8) is 0 Å². The molecule has 0 aromatic carbocycles. The van der Waals surface area contributed by atoms with Crippen LogP contribution < -0.4 is 16.2 Å². The number of carbonyl (C=O) groups is 2. The number of thioether (sulfide) groups is 1. The molecule has 0 fully saturated rings. The summed E-state index contributed by atoms with van der Waals surface area (Å²) in [5.41, 5.74) is 1.08. The summed E-state index contributed by atoms with van der Waals surface area (Å²) in [6.45, 7) is 8.52. The lowest BCUT2D eigenvalue weighted by Gasteiger charge is -2.11. The molecule has 0 saturated heterocycles. The van der Waals surface area contributed by atoms with Crippen molar-refractivity contribution in [3.05, 3.63) is 33.4 Å². The number of imide groups is 1. The summed E-state index contributed by atoms with van der Waals surface area (Å²) in [7, 11) is 0. The number of fused-ring (bicyclic) bond motifs is 3. The summed E-state index contributed by atoms with van der Waals surface area (Å²) in [5.74, 6) is -0.136. The van der Waals surface area contributed by atoms with Crippen LogP contribution in [0.1, 0.15) is 43.6 Å². The summed E-state index contributed by atoms with van der Waals surface area (Å²) < 4.78 is 1.57. The van der Waals surface area contributed by atoms with Crippen molar-refractivity contribution < 1.29 is 9.59 Å². The first-order chi connectivity index (χ1) is 14.4. The fraction of sp³-hybridized carbons (Fsp3) is 0.524. The topological polar surface area (TPSA) is 93.1 Å². The van der Waals surface area contributed by atoms with Crippen molar-refractivity contribution in [2.75, 3.05) is 12.3 Å². The molecule has 0 saturated carbocycles. The number of carbonyl (C=O) groups excluding carboxylic acids is 2. The number of nitrogens with one attached hydrogen (secondary N) is 2. The molecule has 7 nitrogen and oxygen atoms in total. The number of nitrogens with zero attached hydrogens (tertiary/aromatic N) is 2. The molecule has 0 radical (unpaired) electrons. The molecule has 30 heavy (non-hydrogen) atoms. The third-order valence-corrected chi connectivity index (χ3v) is 7.02. The van der Waals surface area contributed by atoms with E-state index in [1.165, 1.54) is 11.3 Å². The van der Waals surface area contributed by atoms with Gasteiger partial charge >= 0.3 is 6.03 Å². The number of aromatic nitrogens is 2. The first kappa shape index (κ1) is 22.6. The van der Waals surface area contributed by atoms with Gasteiger partial charge in [0.1, 0.15) is 4.83 Å². The van der Waals surface area contributed by atoms with Gasteiger partial charge in [0.25, 0.3) is 5.56 Å². The fourth-order valence-corrected chi connectivity index (χ4v) is 5.54. The van der Waals surface area contributed by atoms with Gasteiger partial charge in [0.2, 0.25) is 5.91 Å². The number of rotatable bonds is 7. The number of hydrogen-bond donors (Lipinski definition) is 2. The zero-order valence-electron chi connectivity index (χ0n) is 17.5. The van der Waals surface area contributed by atoms with Crippen LogP contribution in [0.15, 0.2) is 22.6 Å². The van der Waals surface area contributed by atoms with E-state index in [1.54, 1.807) is 22.0 Å². The molecule has 2 aromatic rings. The maximum Gasteiger partial charge on any atom is 0.321 e. The molecule has 162 valence electrons. The van der Waals surface area contributed by atoms with Crippen molar-refractivity contribution in [3.8, 4) is 0 Å². The van der Waals surface area contributed by atoms with Crippen molar-refractivity contribution in [2.45, 2.75) is 57.7 Å². The Bertz CT molecular complexity index is 1010. The predicted octanol–water partition coefficient (Wildman–Crippen LogP) is 3.49. The molecule has 0 spiro atoms. The normalized spacial score (nSPS) is 13.7. The maximum absolute atomic E-state index is 13.3. The monoisotopic (exact) mass is 448 g/mol. The van der Waals surface area contributed by atoms with Gasteiger partial charge in [0, 0.05) is 18.0 Å². The van der Waals surface area contributed by atoms with Gasteiger partial charge in [-0.2, -0.15) is 0 Å². The van der Waals surface area contributed by atoms with Gasteiger partial charge in [-0.05, 0) is 37.2 Å². The molecule has 0 atom stereocenters. The smallest absolute Gasteiger partial charge is 0.321 e. The molecular weight excluding hydrogens is 420 g/mol. The molecule has 9 heteroatoms. The molecular formula is C21H28N4O3S2. The van der Waals surface area contributed by atoms with E-state index in [9.17, 15) is 14.4 Å². The van der Waals surface area contributed by atoms with Gasteiger partial charge in [0.05, 0.1) is 11.1 Å². The average molecular weight is 449 g/mol. The van der Waals surface area contributed by atoms with Crippen LogP contribution in [-0.4, -0.2) is 33.8 Å². The number of urea groups is 1. The summed E-state index contributed by atoms with van der Waals surface area (Å²) in [6.07, 6.45) is 6.99. The lowest BCUT2D eigenvalue weighted by atomic mass is 10.1. The van der Waals surface area contributed by atoms with Gasteiger partial charge < -0.3 is 5.32 Å². The second-order valence-corrected chi connectivity index (χ2v) is 9.81. The summed E-state index contributed by atoms with van der Waals surface area (Å²) in [5, 5.41) is 6.16. The van der Waals surface area contributed by atoms with E-state index in [-0.39, 0.29) is 11.3 Å². The van der Waals surface area contributed by atoms with Gasteiger partial charge in [-0.3, -0.25) is 19.5 Å². The molecule has 3 rings (SSSR count). The number of thiophene rings is 1. The van der Waals surface area contributed by atoms with Crippen molar-refractivity contribution in [1.82, 2.24) is 20.2 Å². The minimum Gasteiger partial charge on any atom is -0.338 e. The van der Waals surface area contributed by atoms with Crippen molar-refractivity contribution >= 4 is 45.3 Å². The molecule has 2 N–H and O–H groups in total. The second kappa shape index (κ2) is 10.3. The van der Waals surface area contributed by atoms with E-state index in [4.69, 9.17) is 4.98 Å². The minimum atomic E-state index is -0.511. The zero-order chi connectivity index (χ0) is 21.7. The zero-order valence-corrected chi connectivity index (χ0v) is 19.1. The van der Waals surface area contributed by atoms with Gasteiger partial charge in [-0.1, -0.05) is 38.1 Å². The Morgan fingerprint density at radius 1 is 1.30 bits per heavy atom. The van der Waals surface area contributed by atoms with Crippen LogP contribution >= 0.6 is 23.1 Å². The predicted molar refractivity (Wildman–Crippen MR) is 122 cm³/mol. The Morgan fingerprint density at radius 2 is 2.07 bits per heavy atom. The quantitative estimate of drug-likeness (QED) is 0.293. The molecule has 0 unspecified atom stereocenters. The van der Waals surface area contributed by atoms with Gasteiger partial charge in [0.15, 0.2) is 5.16 Å². The van der Waals surface area contributed by atoms with Crippen molar-refractivity contribution in [1.29, 1.82) is 0 Å². The molecule has 0 bridgehead atoms. The first-order valence-corrected chi connectivity index (χ1v) is 12.1. The summed E-state index contributed by atoms with van der Waals surface area (Å²) in [6, 6.07) is -0.511. The lowest BCUT2D eigenvalue weighted by molar-refractivity contribution is -0.117. The Labute approximate surface area is 184 Å². The third kappa shape index (κ3) is 5.31. The lowest BCUT2D eigenvalue weighted by Crippen LogP contribution is -2.41.